The van der Waals surface area contributed by atoms with Crippen molar-refractivity contribution in [2.45, 2.75) is 39.0 Å². The van der Waals surface area contributed by atoms with Crippen LogP contribution in [0.4, 0.5) is 0 Å². The van der Waals surface area contributed by atoms with Crippen molar-refractivity contribution >= 4 is 12.6 Å². The standard InChI is InChI=1S/C11H23NS/c1-2-11-5-3-7-12(9-6-11)8-4-10-13/h11,13H,2-10H2,1H3. The Morgan fingerprint density at radius 1 is 1.31 bits per heavy atom. The Labute approximate surface area is 88.3 Å². The summed E-state index contributed by atoms with van der Waals surface area (Å²) in [5.74, 6) is 2.04. The van der Waals surface area contributed by atoms with Crippen molar-refractivity contribution in [1.82, 2.24) is 4.90 Å². The van der Waals surface area contributed by atoms with Crippen LogP contribution >= 0.6 is 12.6 Å². The second kappa shape index (κ2) is 6.72. The summed E-state index contributed by atoms with van der Waals surface area (Å²) in [7, 11) is 0. The molecule has 0 spiro atoms. The van der Waals surface area contributed by atoms with Gasteiger partial charge in [-0.05, 0) is 57.0 Å². The molecule has 0 radical (unpaired) electrons. The van der Waals surface area contributed by atoms with Crippen molar-refractivity contribution in [2.75, 3.05) is 25.4 Å². The molecule has 78 valence electrons. The highest BCUT2D eigenvalue weighted by molar-refractivity contribution is 7.80. The summed E-state index contributed by atoms with van der Waals surface area (Å²) in [5, 5.41) is 0. The highest BCUT2D eigenvalue weighted by Crippen LogP contribution is 2.20. The quantitative estimate of drug-likeness (QED) is 0.685. The van der Waals surface area contributed by atoms with Crippen LogP contribution in [0.5, 0.6) is 0 Å². The maximum atomic E-state index is 4.26. The van der Waals surface area contributed by atoms with Crippen LogP contribution in [-0.4, -0.2) is 30.3 Å². The van der Waals surface area contributed by atoms with Crippen LogP contribution in [0.3, 0.4) is 0 Å². The monoisotopic (exact) mass is 201 g/mol. The minimum absolute atomic E-state index is 1.00. The van der Waals surface area contributed by atoms with E-state index in [9.17, 15) is 0 Å². The first-order chi connectivity index (χ1) is 6.36. The molecule has 0 aliphatic carbocycles. The van der Waals surface area contributed by atoms with Crippen LogP contribution < -0.4 is 0 Å². The number of rotatable bonds is 4. The van der Waals surface area contributed by atoms with Crippen molar-refractivity contribution in [3.05, 3.63) is 0 Å². The minimum Gasteiger partial charge on any atom is -0.303 e. The molecule has 0 saturated carbocycles. The van der Waals surface area contributed by atoms with Gasteiger partial charge in [-0.25, -0.2) is 0 Å². The van der Waals surface area contributed by atoms with Crippen LogP contribution in [0.2, 0.25) is 0 Å². The summed E-state index contributed by atoms with van der Waals surface area (Å²) in [4.78, 5) is 2.62. The zero-order valence-electron chi connectivity index (χ0n) is 8.84. The largest absolute Gasteiger partial charge is 0.303 e. The van der Waals surface area contributed by atoms with E-state index in [0.29, 0.717) is 0 Å². The van der Waals surface area contributed by atoms with Crippen molar-refractivity contribution in [1.29, 1.82) is 0 Å². The van der Waals surface area contributed by atoms with Crippen molar-refractivity contribution in [3.63, 3.8) is 0 Å². The van der Waals surface area contributed by atoms with Gasteiger partial charge in [0.2, 0.25) is 0 Å². The summed E-state index contributed by atoms with van der Waals surface area (Å²) in [6.07, 6.45) is 6.91. The third kappa shape index (κ3) is 4.37. The Hall–Kier alpha value is 0.310. The predicted octanol–water partition coefficient (Wildman–Crippen LogP) is 2.82. The molecule has 0 aromatic rings. The van der Waals surface area contributed by atoms with Gasteiger partial charge in [-0.1, -0.05) is 13.3 Å². The zero-order chi connectivity index (χ0) is 9.52. The first-order valence-corrected chi connectivity index (χ1v) is 6.33. The molecule has 0 N–H and O–H groups in total. The topological polar surface area (TPSA) is 3.24 Å². The van der Waals surface area contributed by atoms with E-state index in [2.05, 4.69) is 24.5 Å². The summed E-state index contributed by atoms with van der Waals surface area (Å²) in [6.45, 7) is 6.24. The van der Waals surface area contributed by atoms with E-state index >= 15 is 0 Å². The zero-order valence-corrected chi connectivity index (χ0v) is 9.73. The van der Waals surface area contributed by atoms with Crippen LogP contribution in [0.25, 0.3) is 0 Å². The molecule has 0 amide bonds. The maximum Gasteiger partial charge on any atom is -0.00110 e. The lowest BCUT2D eigenvalue weighted by atomic mass is 9.98. The molecule has 13 heavy (non-hydrogen) atoms. The highest BCUT2D eigenvalue weighted by Gasteiger charge is 2.14. The number of nitrogens with zero attached hydrogens (tertiary/aromatic N) is 1. The number of thiol groups is 1. The van der Waals surface area contributed by atoms with Gasteiger partial charge < -0.3 is 4.90 Å². The van der Waals surface area contributed by atoms with Crippen molar-refractivity contribution in [2.24, 2.45) is 5.92 Å². The Balaban J connectivity index is 2.19. The van der Waals surface area contributed by atoms with E-state index in [4.69, 9.17) is 0 Å². The fourth-order valence-corrected chi connectivity index (χ4v) is 2.29. The average Bonchev–Trinajstić information content (AvgIpc) is 2.39. The second-order valence-electron chi connectivity index (χ2n) is 4.12. The van der Waals surface area contributed by atoms with Gasteiger partial charge in [-0.2, -0.15) is 12.6 Å². The Bertz CT molecular complexity index is 127. The molecule has 1 unspecified atom stereocenters. The summed E-state index contributed by atoms with van der Waals surface area (Å²) >= 11 is 4.26. The van der Waals surface area contributed by atoms with Gasteiger partial charge >= 0.3 is 0 Å². The van der Waals surface area contributed by atoms with Gasteiger partial charge in [-0.3, -0.25) is 0 Å². The lowest BCUT2D eigenvalue weighted by Gasteiger charge is -2.19. The molecular weight excluding hydrogens is 178 g/mol. The average molecular weight is 201 g/mol. The van der Waals surface area contributed by atoms with Crippen molar-refractivity contribution < 1.29 is 0 Å². The lowest BCUT2D eigenvalue weighted by Crippen LogP contribution is -2.26. The molecule has 1 atom stereocenters. The van der Waals surface area contributed by atoms with Crippen LogP contribution in [0.15, 0.2) is 0 Å². The van der Waals surface area contributed by atoms with Gasteiger partial charge in [-0.15, -0.1) is 0 Å². The molecule has 1 heterocycles. The SMILES string of the molecule is CCC1CCCN(CCCS)CC1. The van der Waals surface area contributed by atoms with E-state index < -0.39 is 0 Å². The predicted molar refractivity (Wildman–Crippen MR) is 62.5 cm³/mol. The van der Waals surface area contributed by atoms with Gasteiger partial charge in [0.1, 0.15) is 0 Å². The normalized spacial score (nSPS) is 25.8. The fourth-order valence-electron chi connectivity index (χ4n) is 2.15. The van der Waals surface area contributed by atoms with Gasteiger partial charge in [0.25, 0.3) is 0 Å². The molecule has 0 bridgehead atoms. The molecule has 1 aliphatic heterocycles. The second-order valence-corrected chi connectivity index (χ2v) is 4.57. The number of hydrogen-bond acceptors (Lipinski definition) is 2. The van der Waals surface area contributed by atoms with Crippen LogP contribution in [0, 0.1) is 5.92 Å². The van der Waals surface area contributed by atoms with Crippen LogP contribution in [0.1, 0.15) is 39.0 Å². The molecule has 1 rings (SSSR count). The minimum atomic E-state index is 1.00. The van der Waals surface area contributed by atoms with Gasteiger partial charge in [0.15, 0.2) is 0 Å². The first kappa shape index (κ1) is 11.4. The van der Waals surface area contributed by atoms with Crippen molar-refractivity contribution in [3.8, 4) is 0 Å². The molecule has 0 aromatic heterocycles. The molecule has 1 aliphatic rings. The van der Waals surface area contributed by atoms with E-state index in [1.807, 2.05) is 0 Å². The molecular formula is C11H23NS. The smallest absolute Gasteiger partial charge is 0.00110 e. The third-order valence-electron chi connectivity index (χ3n) is 3.15. The molecule has 0 aromatic carbocycles. The Morgan fingerprint density at radius 3 is 2.85 bits per heavy atom. The Morgan fingerprint density at radius 2 is 2.15 bits per heavy atom. The van der Waals surface area contributed by atoms with E-state index in [0.717, 1.165) is 11.7 Å². The summed E-state index contributed by atoms with van der Waals surface area (Å²) in [6, 6.07) is 0. The third-order valence-corrected chi connectivity index (χ3v) is 3.47. The molecule has 1 saturated heterocycles. The van der Waals surface area contributed by atoms with Gasteiger partial charge in [0, 0.05) is 0 Å². The molecule has 1 nitrogen and oxygen atoms in total. The van der Waals surface area contributed by atoms with Crippen LogP contribution in [-0.2, 0) is 0 Å². The fraction of sp³-hybridized carbons (Fsp3) is 1.00. The molecule has 1 fully saturated rings. The van der Waals surface area contributed by atoms with Gasteiger partial charge in [0.05, 0.1) is 0 Å². The number of hydrogen-bond donors (Lipinski definition) is 1. The first-order valence-electron chi connectivity index (χ1n) is 5.70. The summed E-state index contributed by atoms with van der Waals surface area (Å²) in [5.41, 5.74) is 0. The van der Waals surface area contributed by atoms with E-state index in [-0.39, 0.29) is 0 Å². The van der Waals surface area contributed by atoms with E-state index in [1.54, 1.807) is 0 Å². The lowest BCUT2D eigenvalue weighted by molar-refractivity contribution is 0.281. The highest BCUT2D eigenvalue weighted by atomic mass is 32.1. The maximum absolute atomic E-state index is 4.26. The molecule has 2 heteroatoms. The summed E-state index contributed by atoms with van der Waals surface area (Å²) < 4.78 is 0. The Kier molecular flexibility index (Phi) is 5.88. The number of likely N-dealkylation sites (tertiary alicyclic amines) is 1. The van der Waals surface area contributed by atoms with E-state index in [1.165, 1.54) is 51.7 Å².